The van der Waals surface area contributed by atoms with Gasteiger partial charge in [0.05, 0.1) is 10.0 Å². The van der Waals surface area contributed by atoms with E-state index in [1.54, 1.807) is 43.3 Å². The number of aryl methyl sites for hydroxylation is 1. The Kier molecular flexibility index (Phi) is 4.10. The van der Waals surface area contributed by atoms with E-state index in [4.69, 9.17) is 27.9 Å². The van der Waals surface area contributed by atoms with Gasteiger partial charge in [0.2, 0.25) is 0 Å². The van der Waals surface area contributed by atoms with Crippen LogP contribution in [0.5, 0.6) is 5.75 Å². The van der Waals surface area contributed by atoms with Crippen molar-refractivity contribution >= 4 is 23.2 Å². The highest BCUT2D eigenvalue weighted by Crippen LogP contribution is 2.27. The van der Waals surface area contributed by atoms with Gasteiger partial charge in [-0.05, 0) is 24.6 Å². The Balaban J connectivity index is 2.17. The van der Waals surface area contributed by atoms with Crippen molar-refractivity contribution in [2.45, 2.75) is 13.5 Å². The van der Waals surface area contributed by atoms with Crippen LogP contribution < -0.4 is 4.74 Å². The Hall–Kier alpha value is -1.25. The molecule has 2 aromatic rings. The molecule has 0 saturated carbocycles. The zero-order valence-electron chi connectivity index (χ0n) is 9.71. The van der Waals surface area contributed by atoms with Crippen LogP contribution in [0.4, 0.5) is 4.39 Å². The molecule has 0 amide bonds. The Morgan fingerprint density at radius 2 is 1.83 bits per heavy atom. The highest BCUT2D eigenvalue weighted by Gasteiger charge is 2.08. The average Bonchev–Trinajstić information content (AvgIpc) is 2.36. The number of hydrogen-bond donors (Lipinski definition) is 0. The van der Waals surface area contributed by atoms with E-state index in [1.807, 2.05) is 0 Å². The van der Waals surface area contributed by atoms with Gasteiger partial charge in [0.15, 0.2) is 11.6 Å². The van der Waals surface area contributed by atoms with Crippen molar-refractivity contribution < 1.29 is 9.13 Å². The molecule has 0 N–H and O–H groups in total. The van der Waals surface area contributed by atoms with Gasteiger partial charge in [-0.1, -0.05) is 47.5 Å². The van der Waals surface area contributed by atoms with Crippen LogP contribution in [0.1, 0.15) is 11.1 Å². The molecule has 0 fully saturated rings. The summed E-state index contributed by atoms with van der Waals surface area (Å²) in [5.74, 6) is -0.137. The minimum absolute atomic E-state index is 0.180. The molecular weight excluding hydrogens is 274 g/mol. The number of ether oxygens (including phenoxy) is 1. The lowest BCUT2D eigenvalue weighted by molar-refractivity contribution is 0.289. The average molecular weight is 285 g/mol. The fourth-order valence-electron chi connectivity index (χ4n) is 1.55. The third-order valence-electron chi connectivity index (χ3n) is 2.57. The monoisotopic (exact) mass is 284 g/mol. The largest absolute Gasteiger partial charge is 0.486 e. The van der Waals surface area contributed by atoms with E-state index in [1.165, 1.54) is 0 Å². The molecule has 18 heavy (non-hydrogen) atoms. The Morgan fingerprint density at radius 3 is 2.61 bits per heavy atom. The van der Waals surface area contributed by atoms with Crippen LogP contribution in [0.15, 0.2) is 36.4 Å². The molecule has 0 unspecified atom stereocenters. The lowest BCUT2D eigenvalue weighted by atomic mass is 10.2. The summed E-state index contributed by atoms with van der Waals surface area (Å²) >= 11 is 11.9. The van der Waals surface area contributed by atoms with Crippen LogP contribution in [-0.4, -0.2) is 0 Å². The van der Waals surface area contributed by atoms with Crippen LogP contribution in [0.2, 0.25) is 10.0 Å². The van der Waals surface area contributed by atoms with Crippen LogP contribution in [0.3, 0.4) is 0 Å². The van der Waals surface area contributed by atoms with Gasteiger partial charge in [-0.2, -0.15) is 0 Å². The maximum absolute atomic E-state index is 13.7. The van der Waals surface area contributed by atoms with Crippen LogP contribution >= 0.6 is 23.2 Å². The maximum Gasteiger partial charge on any atom is 0.167 e. The van der Waals surface area contributed by atoms with Crippen molar-refractivity contribution in [2.24, 2.45) is 0 Å². The lowest BCUT2D eigenvalue weighted by Gasteiger charge is -2.10. The molecule has 0 atom stereocenters. The first-order valence-electron chi connectivity index (χ1n) is 5.40. The topological polar surface area (TPSA) is 9.23 Å². The minimum atomic E-state index is -0.351. The summed E-state index contributed by atoms with van der Waals surface area (Å²) in [5, 5.41) is 0.898. The molecule has 0 saturated heterocycles. The molecule has 2 aromatic carbocycles. The van der Waals surface area contributed by atoms with E-state index in [9.17, 15) is 4.39 Å². The van der Waals surface area contributed by atoms with Gasteiger partial charge in [0, 0.05) is 5.56 Å². The Bertz CT molecular complexity index is 518. The fourth-order valence-corrected chi connectivity index (χ4v) is 1.92. The molecule has 0 heterocycles. The zero-order chi connectivity index (χ0) is 13.1. The van der Waals surface area contributed by atoms with Crippen molar-refractivity contribution in [2.75, 3.05) is 0 Å². The first-order chi connectivity index (χ1) is 8.59. The molecule has 0 spiro atoms. The van der Waals surface area contributed by atoms with Crippen molar-refractivity contribution in [3.63, 3.8) is 0 Å². The zero-order valence-corrected chi connectivity index (χ0v) is 11.2. The van der Waals surface area contributed by atoms with Crippen LogP contribution in [-0.2, 0) is 6.61 Å². The Labute approximate surface area is 115 Å². The SMILES string of the molecule is Cc1cccc(OCc2cccc(Cl)c2Cl)c1F. The lowest BCUT2D eigenvalue weighted by Crippen LogP contribution is -1.99. The standard InChI is InChI=1S/C14H11Cl2FO/c1-9-4-2-7-12(14(9)17)18-8-10-5-3-6-11(15)13(10)16/h2-7H,8H2,1H3. The molecule has 0 aliphatic heterocycles. The second-order valence-corrected chi connectivity index (χ2v) is 4.67. The van der Waals surface area contributed by atoms with Crippen molar-refractivity contribution in [1.82, 2.24) is 0 Å². The highest BCUT2D eigenvalue weighted by atomic mass is 35.5. The van der Waals surface area contributed by atoms with Gasteiger partial charge in [-0.15, -0.1) is 0 Å². The smallest absolute Gasteiger partial charge is 0.167 e. The fraction of sp³-hybridized carbons (Fsp3) is 0.143. The third kappa shape index (κ3) is 2.77. The first-order valence-corrected chi connectivity index (χ1v) is 6.16. The maximum atomic E-state index is 13.7. The second-order valence-electron chi connectivity index (χ2n) is 3.89. The third-order valence-corrected chi connectivity index (χ3v) is 3.43. The quantitative estimate of drug-likeness (QED) is 0.769. The predicted molar refractivity (Wildman–Crippen MR) is 71.9 cm³/mol. The number of rotatable bonds is 3. The molecule has 1 nitrogen and oxygen atoms in total. The second kappa shape index (κ2) is 5.59. The summed E-state index contributed by atoms with van der Waals surface area (Å²) in [6.07, 6.45) is 0. The van der Waals surface area contributed by atoms with Gasteiger partial charge in [0.25, 0.3) is 0 Å². The minimum Gasteiger partial charge on any atom is -0.486 e. The normalized spacial score (nSPS) is 10.4. The summed E-state index contributed by atoms with van der Waals surface area (Å²) in [4.78, 5) is 0. The van der Waals surface area contributed by atoms with E-state index in [0.29, 0.717) is 15.6 Å². The van der Waals surface area contributed by atoms with Crippen molar-refractivity contribution in [1.29, 1.82) is 0 Å². The number of halogens is 3. The molecule has 0 aliphatic rings. The van der Waals surface area contributed by atoms with Crippen molar-refractivity contribution in [3.8, 4) is 5.75 Å². The highest BCUT2D eigenvalue weighted by molar-refractivity contribution is 6.42. The molecule has 0 bridgehead atoms. The van der Waals surface area contributed by atoms with Gasteiger partial charge >= 0.3 is 0 Å². The summed E-state index contributed by atoms with van der Waals surface area (Å²) in [6.45, 7) is 1.87. The van der Waals surface area contributed by atoms with Crippen LogP contribution in [0, 0.1) is 12.7 Å². The molecule has 0 radical (unpaired) electrons. The molecule has 0 aromatic heterocycles. The van der Waals surface area contributed by atoms with Gasteiger partial charge in [-0.25, -0.2) is 4.39 Å². The molecule has 2 rings (SSSR count). The molecule has 4 heteroatoms. The molecule has 0 aliphatic carbocycles. The summed E-state index contributed by atoms with van der Waals surface area (Å²) in [6, 6.07) is 10.3. The van der Waals surface area contributed by atoms with E-state index in [2.05, 4.69) is 0 Å². The summed E-state index contributed by atoms with van der Waals surface area (Å²) < 4.78 is 19.1. The Morgan fingerprint density at radius 1 is 1.11 bits per heavy atom. The van der Waals surface area contributed by atoms with E-state index in [-0.39, 0.29) is 18.2 Å². The van der Waals surface area contributed by atoms with Gasteiger partial charge in [-0.3, -0.25) is 0 Å². The number of benzene rings is 2. The van der Waals surface area contributed by atoms with E-state index < -0.39 is 0 Å². The van der Waals surface area contributed by atoms with Crippen LogP contribution in [0.25, 0.3) is 0 Å². The van der Waals surface area contributed by atoms with Gasteiger partial charge in [0.1, 0.15) is 6.61 Å². The summed E-state index contributed by atoms with van der Waals surface area (Å²) in [5.41, 5.74) is 1.27. The van der Waals surface area contributed by atoms with Crippen molar-refractivity contribution in [3.05, 3.63) is 63.4 Å². The van der Waals surface area contributed by atoms with E-state index >= 15 is 0 Å². The molecule has 94 valence electrons. The number of hydrogen-bond acceptors (Lipinski definition) is 1. The predicted octanol–water partition coefficient (Wildman–Crippen LogP) is 5.02. The van der Waals surface area contributed by atoms with Gasteiger partial charge < -0.3 is 4.74 Å². The van der Waals surface area contributed by atoms with E-state index in [0.717, 1.165) is 5.56 Å². The molecular formula is C14H11Cl2FO. The first kappa shape index (κ1) is 13.2. The summed E-state index contributed by atoms with van der Waals surface area (Å²) in [7, 11) is 0.